The first kappa shape index (κ1) is 13.0. The van der Waals surface area contributed by atoms with Crippen LogP contribution in [0.2, 0.25) is 5.02 Å². The summed E-state index contributed by atoms with van der Waals surface area (Å²) in [6.07, 6.45) is -2.19. The standard InChI is InChI=1S/C11H14ClNO3/c1-7(14)13-6-10(15)11(16)8-4-2-3-5-9(8)12/h2-5,10-11,15-16H,6H2,1H3,(H,13,14). The summed E-state index contributed by atoms with van der Waals surface area (Å²) in [5.41, 5.74) is 0.446. The lowest BCUT2D eigenvalue weighted by atomic mass is 10.0. The Morgan fingerprint density at radius 2 is 2.06 bits per heavy atom. The van der Waals surface area contributed by atoms with Crippen LogP contribution >= 0.6 is 11.6 Å². The molecule has 1 aromatic carbocycles. The maximum absolute atomic E-state index is 10.6. The van der Waals surface area contributed by atoms with E-state index in [1.54, 1.807) is 24.3 Å². The maximum atomic E-state index is 10.6. The van der Waals surface area contributed by atoms with Gasteiger partial charge in [-0.3, -0.25) is 4.79 Å². The summed E-state index contributed by atoms with van der Waals surface area (Å²) in [6, 6.07) is 6.71. The van der Waals surface area contributed by atoms with Crippen LogP contribution in [0.15, 0.2) is 24.3 Å². The Morgan fingerprint density at radius 1 is 1.44 bits per heavy atom. The van der Waals surface area contributed by atoms with E-state index in [0.717, 1.165) is 0 Å². The molecule has 0 spiro atoms. The van der Waals surface area contributed by atoms with E-state index < -0.39 is 12.2 Å². The molecule has 2 atom stereocenters. The molecule has 1 amide bonds. The van der Waals surface area contributed by atoms with Crippen molar-refractivity contribution in [1.29, 1.82) is 0 Å². The fraction of sp³-hybridized carbons (Fsp3) is 0.364. The van der Waals surface area contributed by atoms with E-state index in [4.69, 9.17) is 11.6 Å². The van der Waals surface area contributed by atoms with Gasteiger partial charge in [0.05, 0.1) is 0 Å². The van der Waals surface area contributed by atoms with E-state index in [1.165, 1.54) is 6.92 Å². The molecule has 0 fully saturated rings. The zero-order valence-corrected chi connectivity index (χ0v) is 9.61. The molecule has 5 heteroatoms. The number of halogens is 1. The highest BCUT2D eigenvalue weighted by Crippen LogP contribution is 2.24. The van der Waals surface area contributed by atoms with Gasteiger partial charge in [0.25, 0.3) is 0 Å². The predicted molar refractivity (Wildman–Crippen MR) is 61.1 cm³/mol. The summed E-state index contributed by atoms with van der Waals surface area (Å²) in [7, 11) is 0. The first-order valence-corrected chi connectivity index (χ1v) is 5.25. The van der Waals surface area contributed by atoms with Crippen LogP contribution < -0.4 is 5.32 Å². The summed E-state index contributed by atoms with van der Waals surface area (Å²) in [5.74, 6) is -0.259. The van der Waals surface area contributed by atoms with Gasteiger partial charge >= 0.3 is 0 Å². The van der Waals surface area contributed by atoms with Crippen molar-refractivity contribution in [2.24, 2.45) is 0 Å². The highest BCUT2D eigenvalue weighted by atomic mass is 35.5. The molecule has 0 heterocycles. The second kappa shape index (κ2) is 5.84. The Bertz CT molecular complexity index is 370. The predicted octanol–water partition coefficient (Wildman–Crippen LogP) is 0.870. The number of rotatable bonds is 4. The molecule has 0 radical (unpaired) electrons. The molecule has 3 N–H and O–H groups in total. The van der Waals surface area contributed by atoms with Gasteiger partial charge in [-0.15, -0.1) is 0 Å². The van der Waals surface area contributed by atoms with Crippen LogP contribution in [0.1, 0.15) is 18.6 Å². The number of carbonyl (C=O) groups is 1. The van der Waals surface area contributed by atoms with E-state index in [9.17, 15) is 15.0 Å². The second-order valence-corrected chi connectivity index (χ2v) is 3.88. The van der Waals surface area contributed by atoms with Crippen LogP contribution in [0.3, 0.4) is 0 Å². The molecule has 1 aromatic rings. The van der Waals surface area contributed by atoms with E-state index in [0.29, 0.717) is 10.6 Å². The molecule has 0 aliphatic heterocycles. The zero-order valence-electron chi connectivity index (χ0n) is 8.85. The van der Waals surface area contributed by atoms with Gasteiger partial charge in [-0.25, -0.2) is 0 Å². The monoisotopic (exact) mass is 243 g/mol. The summed E-state index contributed by atoms with van der Waals surface area (Å²) < 4.78 is 0. The van der Waals surface area contributed by atoms with E-state index in [2.05, 4.69) is 5.32 Å². The van der Waals surface area contributed by atoms with Crippen LogP contribution in [0.5, 0.6) is 0 Å². The quantitative estimate of drug-likeness (QED) is 0.735. The third-order valence-electron chi connectivity index (χ3n) is 2.15. The molecule has 1 rings (SSSR count). The third kappa shape index (κ3) is 3.48. The Labute approximate surface area is 98.9 Å². The maximum Gasteiger partial charge on any atom is 0.216 e. The van der Waals surface area contributed by atoms with Crippen molar-refractivity contribution in [1.82, 2.24) is 5.32 Å². The number of benzene rings is 1. The minimum Gasteiger partial charge on any atom is -0.388 e. The van der Waals surface area contributed by atoms with E-state index >= 15 is 0 Å². The van der Waals surface area contributed by atoms with Crippen molar-refractivity contribution < 1.29 is 15.0 Å². The minimum atomic E-state index is -1.11. The molecule has 2 unspecified atom stereocenters. The molecule has 88 valence electrons. The molecule has 0 aliphatic carbocycles. The van der Waals surface area contributed by atoms with Crippen LogP contribution in [0, 0.1) is 0 Å². The van der Waals surface area contributed by atoms with Gasteiger partial charge in [0.15, 0.2) is 0 Å². The van der Waals surface area contributed by atoms with Gasteiger partial charge in [0.2, 0.25) is 5.91 Å². The van der Waals surface area contributed by atoms with Gasteiger partial charge in [0.1, 0.15) is 12.2 Å². The number of nitrogens with one attached hydrogen (secondary N) is 1. The lowest BCUT2D eigenvalue weighted by Gasteiger charge is -2.19. The zero-order chi connectivity index (χ0) is 12.1. The first-order chi connectivity index (χ1) is 7.52. The van der Waals surface area contributed by atoms with Crippen LogP contribution in [-0.2, 0) is 4.79 Å². The molecule has 4 nitrogen and oxygen atoms in total. The highest BCUT2D eigenvalue weighted by molar-refractivity contribution is 6.31. The molecular formula is C11H14ClNO3. The SMILES string of the molecule is CC(=O)NCC(O)C(O)c1ccccc1Cl. The Balaban J connectivity index is 2.66. The van der Waals surface area contributed by atoms with Crippen LogP contribution in [0.25, 0.3) is 0 Å². The normalized spacial score (nSPS) is 14.2. The fourth-order valence-electron chi connectivity index (χ4n) is 1.28. The number of amides is 1. The van der Waals surface area contributed by atoms with Crippen molar-refractivity contribution in [2.45, 2.75) is 19.1 Å². The molecule has 16 heavy (non-hydrogen) atoms. The smallest absolute Gasteiger partial charge is 0.216 e. The summed E-state index contributed by atoms with van der Waals surface area (Å²) >= 11 is 5.87. The van der Waals surface area contributed by atoms with E-state index in [1.807, 2.05) is 0 Å². The highest BCUT2D eigenvalue weighted by Gasteiger charge is 2.20. The van der Waals surface area contributed by atoms with Crippen molar-refractivity contribution >= 4 is 17.5 Å². The third-order valence-corrected chi connectivity index (χ3v) is 2.49. The molecule has 0 aromatic heterocycles. The van der Waals surface area contributed by atoms with Crippen molar-refractivity contribution in [3.63, 3.8) is 0 Å². The average Bonchev–Trinajstić information content (AvgIpc) is 2.25. The second-order valence-electron chi connectivity index (χ2n) is 3.47. The van der Waals surface area contributed by atoms with Gasteiger partial charge in [-0.1, -0.05) is 29.8 Å². The Hall–Kier alpha value is -1.10. The molecule has 0 saturated heterocycles. The Kier molecular flexibility index (Phi) is 4.73. The largest absolute Gasteiger partial charge is 0.388 e. The number of hydrogen-bond donors (Lipinski definition) is 3. The van der Waals surface area contributed by atoms with Crippen molar-refractivity contribution in [3.05, 3.63) is 34.9 Å². The van der Waals surface area contributed by atoms with E-state index in [-0.39, 0.29) is 12.5 Å². The Morgan fingerprint density at radius 3 is 2.62 bits per heavy atom. The molecule has 0 aliphatic rings. The molecule has 0 saturated carbocycles. The lowest BCUT2D eigenvalue weighted by Crippen LogP contribution is -2.34. The van der Waals surface area contributed by atoms with Gasteiger partial charge in [-0.05, 0) is 6.07 Å². The summed E-state index contributed by atoms with van der Waals surface area (Å²) in [4.78, 5) is 10.6. The van der Waals surface area contributed by atoms with Gasteiger partial charge < -0.3 is 15.5 Å². The summed E-state index contributed by atoms with van der Waals surface area (Å²) in [5, 5.41) is 22.2. The van der Waals surface area contributed by atoms with Gasteiger partial charge in [-0.2, -0.15) is 0 Å². The topological polar surface area (TPSA) is 69.6 Å². The number of aliphatic hydroxyl groups is 2. The van der Waals surface area contributed by atoms with Crippen LogP contribution in [0.4, 0.5) is 0 Å². The fourth-order valence-corrected chi connectivity index (χ4v) is 1.53. The van der Waals surface area contributed by atoms with Gasteiger partial charge in [0, 0.05) is 24.1 Å². The van der Waals surface area contributed by atoms with Crippen LogP contribution in [-0.4, -0.2) is 28.8 Å². The van der Waals surface area contributed by atoms with Crippen molar-refractivity contribution in [3.8, 4) is 0 Å². The minimum absolute atomic E-state index is 0.0122. The first-order valence-electron chi connectivity index (χ1n) is 4.87. The average molecular weight is 244 g/mol. The van der Waals surface area contributed by atoms with Crippen molar-refractivity contribution in [2.75, 3.05) is 6.54 Å². The molecular weight excluding hydrogens is 230 g/mol. The molecule has 0 bridgehead atoms. The number of hydrogen-bond acceptors (Lipinski definition) is 3. The summed E-state index contributed by atoms with van der Waals surface area (Å²) in [6.45, 7) is 1.33. The lowest BCUT2D eigenvalue weighted by molar-refractivity contribution is -0.119. The number of aliphatic hydroxyl groups excluding tert-OH is 2. The number of carbonyl (C=O) groups excluding carboxylic acids is 1.